The zero-order chi connectivity index (χ0) is 13.0. The summed E-state index contributed by atoms with van der Waals surface area (Å²) in [7, 11) is 0. The Labute approximate surface area is 114 Å². The molecule has 1 fully saturated rings. The second-order valence-electron chi connectivity index (χ2n) is 4.78. The first-order valence-corrected chi connectivity index (χ1v) is 6.83. The van der Waals surface area contributed by atoms with Crippen LogP contribution in [0.3, 0.4) is 0 Å². The van der Waals surface area contributed by atoms with Crippen molar-refractivity contribution in [2.45, 2.75) is 32.3 Å². The van der Waals surface area contributed by atoms with E-state index in [0.717, 1.165) is 30.8 Å². The van der Waals surface area contributed by atoms with Crippen LogP contribution in [0.15, 0.2) is 18.2 Å². The third-order valence-electron chi connectivity index (χ3n) is 3.23. The summed E-state index contributed by atoms with van der Waals surface area (Å²) in [6, 6.07) is 6.08. The molecule has 1 aromatic rings. The van der Waals surface area contributed by atoms with Gasteiger partial charge in [0.25, 0.3) is 0 Å². The summed E-state index contributed by atoms with van der Waals surface area (Å²) in [4.78, 5) is 0.432. The molecule has 1 heterocycles. The number of nitrogens with one attached hydrogen (secondary N) is 1. The number of hydrogen-bond acceptors (Lipinski definition) is 3. The molecule has 0 aliphatic carbocycles. The molecule has 1 aliphatic heterocycles. The number of aryl methyl sites for hydroxylation is 1. The zero-order valence-electron chi connectivity index (χ0n) is 10.7. The molecule has 0 spiro atoms. The SMILES string of the molecule is Cc1ccc(C(N)=S)c(NCC2CCCCO2)c1. The van der Waals surface area contributed by atoms with Crippen molar-refractivity contribution >= 4 is 22.9 Å². The van der Waals surface area contributed by atoms with Gasteiger partial charge < -0.3 is 15.8 Å². The van der Waals surface area contributed by atoms with Crippen LogP contribution < -0.4 is 11.1 Å². The van der Waals surface area contributed by atoms with Crippen LogP contribution in [-0.2, 0) is 4.74 Å². The van der Waals surface area contributed by atoms with Gasteiger partial charge in [-0.2, -0.15) is 0 Å². The number of ether oxygens (including phenoxy) is 1. The van der Waals surface area contributed by atoms with Crippen molar-refractivity contribution in [2.24, 2.45) is 5.73 Å². The van der Waals surface area contributed by atoms with Crippen molar-refractivity contribution in [1.82, 2.24) is 0 Å². The highest BCUT2D eigenvalue weighted by molar-refractivity contribution is 7.80. The van der Waals surface area contributed by atoms with Crippen molar-refractivity contribution in [3.05, 3.63) is 29.3 Å². The van der Waals surface area contributed by atoms with Crippen LogP contribution >= 0.6 is 12.2 Å². The molecule has 2 rings (SSSR count). The lowest BCUT2D eigenvalue weighted by Crippen LogP contribution is -2.27. The van der Waals surface area contributed by atoms with Gasteiger partial charge in [-0.25, -0.2) is 0 Å². The lowest BCUT2D eigenvalue weighted by atomic mass is 10.1. The van der Waals surface area contributed by atoms with E-state index in [0.29, 0.717) is 11.1 Å². The highest BCUT2D eigenvalue weighted by atomic mass is 32.1. The van der Waals surface area contributed by atoms with Crippen LogP contribution in [0.5, 0.6) is 0 Å². The molecule has 18 heavy (non-hydrogen) atoms. The predicted molar refractivity (Wildman–Crippen MR) is 79.1 cm³/mol. The minimum atomic E-state index is 0.304. The number of nitrogens with two attached hydrogens (primary N) is 1. The molecule has 0 saturated carbocycles. The second-order valence-corrected chi connectivity index (χ2v) is 5.22. The minimum Gasteiger partial charge on any atom is -0.389 e. The Morgan fingerprint density at radius 3 is 3.00 bits per heavy atom. The summed E-state index contributed by atoms with van der Waals surface area (Å²) in [6.45, 7) is 3.76. The van der Waals surface area contributed by atoms with E-state index < -0.39 is 0 Å². The van der Waals surface area contributed by atoms with Crippen molar-refractivity contribution in [1.29, 1.82) is 0 Å². The first-order chi connectivity index (χ1) is 8.66. The molecule has 1 aromatic carbocycles. The molecule has 1 aliphatic rings. The van der Waals surface area contributed by atoms with Crippen LogP contribution in [0.2, 0.25) is 0 Å². The van der Waals surface area contributed by atoms with E-state index in [1.54, 1.807) is 0 Å². The monoisotopic (exact) mass is 264 g/mol. The fourth-order valence-electron chi connectivity index (χ4n) is 2.21. The Kier molecular flexibility index (Phi) is 4.55. The van der Waals surface area contributed by atoms with Gasteiger partial charge in [0.05, 0.1) is 6.10 Å². The molecule has 0 radical (unpaired) electrons. The number of thiocarbonyl (C=S) groups is 1. The van der Waals surface area contributed by atoms with Gasteiger partial charge >= 0.3 is 0 Å². The summed E-state index contributed by atoms with van der Waals surface area (Å²) in [5.74, 6) is 0. The van der Waals surface area contributed by atoms with Crippen LogP contribution in [0.25, 0.3) is 0 Å². The van der Waals surface area contributed by atoms with Gasteiger partial charge in [0.15, 0.2) is 0 Å². The van der Waals surface area contributed by atoms with E-state index in [1.165, 1.54) is 18.4 Å². The summed E-state index contributed by atoms with van der Waals surface area (Å²) in [6.07, 6.45) is 3.86. The molecule has 1 unspecified atom stereocenters. The molecule has 0 amide bonds. The van der Waals surface area contributed by atoms with Crippen LogP contribution in [0.1, 0.15) is 30.4 Å². The average Bonchev–Trinajstić information content (AvgIpc) is 2.37. The largest absolute Gasteiger partial charge is 0.389 e. The quantitative estimate of drug-likeness (QED) is 0.821. The van der Waals surface area contributed by atoms with Gasteiger partial charge in [0, 0.05) is 24.4 Å². The fraction of sp³-hybridized carbons (Fsp3) is 0.500. The van der Waals surface area contributed by atoms with Gasteiger partial charge in [-0.1, -0.05) is 18.3 Å². The van der Waals surface area contributed by atoms with Gasteiger partial charge in [0.2, 0.25) is 0 Å². The Morgan fingerprint density at radius 2 is 2.33 bits per heavy atom. The molecule has 98 valence electrons. The molecule has 0 bridgehead atoms. The standard InChI is InChI=1S/C14H20N2OS/c1-10-5-6-12(14(15)18)13(8-10)16-9-11-4-2-3-7-17-11/h5-6,8,11,16H,2-4,7,9H2,1H3,(H2,15,18). The van der Waals surface area contributed by atoms with Gasteiger partial charge in [-0.05, 0) is 43.9 Å². The van der Waals surface area contributed by atoms with Crippen molar-refractivity contribution in [3.8, 4) is 0 Å². The van der Waals surface area contributed by atoms with Gasteiger partial charge in [-0.3, -0.25) is 0 Å². The first kappa shape index (κ1) is 13.3. The molecule has 3 nitrogen and oxygen atoms in total. The number of benzene rings is 1. The molecule has 3 N–H and O–H groups in total. The maximum absolute atomic E-state index is 5.73. The summed E-state index contributed by atoms with van der Waals surface area (Å²) < 4.78 is 5.70. The smallest absolute Gasteiger partial charge is 0.106 e. The second kappa shape index (κ2) is 6.16. The van der Waals surface area contributed by atoms with E-state index in [-0.39, 0.29) is 0 Å². The predicted octanol–water partition coefficient (Wildman–Crippen LogP) is 2.61. The molecule has 1 atom stereocenters. The third kappa shape index (κ3) is 3.43. The number of hydrogen-bond donors (Lipinski definition) is 2. The van der Waals surface area contributed by atoms with Gasteiger partial charge in [0.1, 0.15) is 4.99 Å². The lowest BCUT2D eigenvalue weighted by Gasteiger charge is -2.24. The Hall–Kier alpha value is -1.13. The number of anilines is 1. The summed E-state index contributed by atoms with van der Waals surface area (Å²) >= 11 is 5.07. The highest BCUT2D eigenvalue weighted by Crippen LogP contribution is 2.19. The van der Waals surface area contributed by atoms with Crippen LogP contribution in [0.4, 0.5) is 5.69 Å². The molecular weight excluding hydrogens is 244 g/mol. The van der Waals surface area contributed by atoms with Gasteiger partial charge in [-0.15, -0.1) is 0 Å². The third-order valence-corrected chi connectivity index (χ3v) is 3.45. The Balaban J connectivity index is 2.03. The zero-order valence-corrected chi connectivity index (χ0v) is 11.6. The normalized spacial score (nSPS) is 19.5. The van der Waals surface area contributed by atoms with E-state index in [2.05, 4.69) is 18.3 Å². The topological polar surface area (TPSA) is 47.3 Å². The van der Waals surface area contributed by atoms with E-state index >= 15 is 0 Å². The molecule has 1 saturated heterocycles. The first-order valence-electron chi connectivity index (χ1n) is 6.43. The lowest BCUT2D eigenvalue weighted by molar-refractivity contribution is 0.0247. The van der Waals surface area contributed by atoms with Crippen LogP contribution in [-0.4, -0.2) is 24.2 Å². The molecular formula is C14H20N2OS. The van der Waals surface area contributed by atoms with Crippen LogP contribution in [0, 0.1) is 6.92 Å². The average molecular weight is 264 g/mol. The summed E-state index contributed by atoms with van der Waals surface area (Å²) in [5.41, 5.74) is 8.85. The highest BCUT2D eigenvalue weighted by Gasteiger charge is 2.14. The Bertz CT molecular complexity index is 428. The number of rotatable bonds is 4. The minimum absolute atomic E-state index is 0.304. The maximum Gasteiger partial charge on any atom is 0.106 e. The fourth-order valence-corrected chi connectivity index (χ4v) is 2.39. The molecule has 4 heteroatoms. The van der Waals surface area contributed by atoms with E-state index in [9.17, 15) is 0 Å². The van der Waals surface area contributed by atoms with E-state index in [4.69, 9.17) is 22.7 Å². The van der Waals surface area contributed by atoms with Crippen molar-refractivity contribution in [2.75, 3.05) is 18.5 Å². The Morgan fingerprint density at radius 1 is 1.50 bits per heavy atom. The molecule has 0 aromatic heterocycles. The maximum atomic E-state index is 5.73. The van der Waals surface area contributed by atoms with Crippen molar-refractivity contribution in [3.63, 3.8) is 0 Å². The van der Waals surface area contributed by atoms with Crippen molar-refractivity contribution < 1.29 is 4.74 Å². The summed E-state index contributed by atoms with van der Waals surface area (Å²) in [5, 5.41) is 3.41. The van der Waals surface area contributed by atoms with E-state index in [1.807, 2.05) is 12.1 Å².